The van der Waals surface area contributed by atoms with Crippen molar-refractivity contribution in [2.24, 2.45) is 0 Å². The van der Waals surface area contributed by atoms with Gasteiger partial charge in [0.1, 0.15) is 17.2 Å². The molecular weight excluding hydrogens is 336 g/mol. The third kappa shape index (κ3) is 3.98. The van der Waals surface area contributed by atoms with Crippen LogP contribution in [0.5, 0.6) is 17.2 Å². The summed E-state index contributed by atoms with van der Waals surface area (Å²) in [7, 11) is 3.18. The van der Waals surface area contributed by atoms with Crippen molar-refractivity contribution < 1.29 is 19.0 Å². The largest absolute Gasteiger partial charge is 0.497 e. The minimum absolute atomic E-state index is 0.0305. The van der Waals surface area contributed by atoms with Gasteiger partial charge in [-0.2, -0.15) is 0 Å². The molecule has 0 bridgehead atoms. The zero-order valence-electron chi connectivity index (χ0n) is 11.8. The van der Waals surface area contributed by atoms with Gasteiger partial charge in [-0.1, -0.05) is 0 Å². The van der Waals surface area contributed by atoms with Crippen LogP contribution in [-0.4, -0.2) is 26.6 Å². The summed E-state index contributed by atoms with van der Waals surface area (Å²) in [4.78, 5) is 12.0. The number of ketones is 1. The van der Waals surface area contributed by atoms with Gasteiger partial charge in [-0.3, -0.25) is 4.79 Å². The number of halogens is 1. The number of hydrogen-bond donors (Lipinski definition) is 0. The van der Waals surface area contributed by atoms with Crippen LogP contribution in [-0.2, 0) is 0 Å². The first-order valence-electron chi connectivity index (χ1n) is 6.27. The maximum atomic E-state index is 12.0. The molecule has 5 heteroatoms. The first-order chi connectivity index (χ1) is 10.1. The van der Waals surface area contributed by atoms with E-state index in [-0.39, 0.29) is 12.4 Å². The quantitative estimate of drug-likeness (QED) is 0.744. The number of Topliss-reactive ketones (excluding diaryl/α,β-unsaturated/α-hetero) is 1. The first-order valence-corrected chi connectivity index (χ1v) is 7.07. The maximum absolute atomic E-state index is 12.0. The lowest BCUT2D eigenvalue weighted by Crippen LogP contribution is -2.11. The molecule has 2 aromatic carbocycles. The Balaban J connectivity index is 2.00. The Hall–Kier alpha value is -2.01. The third-order valence-corrected chi connectivity index (χ3v) is 3.53. The van der Waals surface area contributed by atoms with Crippen LogP contribution in [0, 0.1) is 0 Å². The lowest BCUT2D eigenvalue weighted by atomic mass is 10.1. The molecule has 0 saturated carbocycles. The van der Waals surface area contributed by atoms with Crippen molar-refractivity contribution in [3.05, 3.63) is 52.5 Å². The molecular formula is C16H15BrO4. The molecule has 2 aromatic rings. The zero-order valence-corrected chi connectivity index (χ0v) is 13.3. The van der Waals surface area contributed by atoms with Crippen molar-refractivity contribution in [2.45, 2.75) is 0 Å². The molecule has 21 heavy (non-hydrogen) atoms. The average molecular weight is 351 g/mol. The van der Waals surface area contributed by atoms with Gasteiger partial charge in [0.2, 0.25) is 0 Å². The van der Waals surface area contributed by atoms with Crippen LogP contribution < -0.4 is 14.2 Å². The zero-order chi connectivity index (χ0) is 15.2. The Morgan fingerprint density at radius 3 is 2.19 bits per heavy atom. The molecule has 0 N–H and O–H groups in total. The van der Waals surface area contributed by atoms with Gasteiger partial charge in [-0.15, -0.1) is 0 Å². The summed E-state index contributed by atoms with van der Waals surface area (Å²) in [6, 6.07) is 12.2. The molecule has 2 rings (SSSR count). The van der Waals surface area contributed by atoms with E-state index in [1.54, 1.807) is 56.7 Å². The van der Waals surface area contributed by atoms with E-state index in [1.165, 1.54) is 0 Å². The summed E-state index contributed by atoms with van der Waals surface area (Å²) >= 11 is 3.38. The topological polar surface area (TPSA) is 44.8 Å². The number of benzene rings is 2. The number of carbonyl (C=O) groups excluding carboxylic acids is 1. The highest BCUT2D eigenvalue weighted by atomic mass is 79.9. The Bertz CT molecular complexity index is 623. The fourth-order valence-corrected chi connectivity index (χ4v) is 2.20. The molecule has 0 heterocycles. The van der Waals surface area contributed by atoms with Crippen LogP contribution in [0.25, 0.3) is 0 Å². The molecule has 0 aliphatic heterocycles. The van der Waals surface area contributed by atoms with Crippen LogP contribution in [0.15, 0.2) is 46.9 Å². The van der Waals surface area contributed by atoms with Crippen molar-refractivity contribution in [3.8, 4) is 17.2 Å². The number of rotatable bonds is 6. The minimum Gasteiger partial charge on any atom is -0.497 e. The monoisotopic (exact) mass is 350 g/mol. The molecule has 0 aromatic heterocycles. The molecule has 0 amide bonds. The lowest BCUT2D eigenvalue weighted by Gasteiger charge is -2.09. The van der Waals surface area contributed by atoms with Gasteiger partial charge < -0.3 is 14.2 Å². The van der Waals surface area contributed by atoms with Gasteiger partial charge in [-0.05, 0) is 58.4 Å². The number of ether oxygens (including phenoxy) is 3. The van der Waals surface area contributed by atoms with Crippen LogP contribution in [0.3, 0.4) is 0 Å². The predicted octanol–water partition coefficient (Wildman–Crippen LogP) is 3.73. The van der Waals surface area contributed by atoms with E-state index < -0.39 is 0 Å². The standard InChI is InChI=1S/C16H15BrO4/c1-19-12-5-3-11(4-6-12)15(18)10-21-16-8-7-13(20-2)9-14(16)17/h3-9H,10H2,1-2H3. The molecule has 0 aliphatic rings. The van der Waals surface area contributed by atoms with E-state index in [0.717, 1.165) is 10.2 Å². The van der Waals surface area contributed by atoms with E-state index in [0.29, 0.717) is 17.1 Å². The Morgan fingerprint density at radius 1 is 1.00 bits per heavy atom. The number of methoxy groups -OCH3 is 2. The third-order valence-electron chi connectivity index (χ3n) is 2.91. The minimum atomic E-state index is -0.0969. The molecule has 0 radical (unpaired) electrons. The molecule has 110 valence electrons. The molecule has 0 aliphatic carbocycles. The van der Waals surface area contributed by atoms with Crippen LogP contribution in [0.1, 0.15) is 10.4 Å². The Kier molecular flexibility index (Phi) is 5.22. The van der Waals surface area contributed by atoms with Crippen molar-refractivity contribution >= 4 is 21.7 Å². The van der Waals surface area contributed by atoms with Gasteiger partial charge in [-0.25, -0.2) is 0 Å². The molecule has 0 fully saturated rings. The summed E-state index contributed by atoms with van der Waals surface area (Å²) in [5.74, 6) is 1.93. The van der Waals surface area contributed by atoms with Crippen molar-refractivity contribution in [1.29, 1.82) is 0 Å². The van der Waals surface area contributed by atoms with Crippen LogP contribution in [0.2, 0.25) is 0 Å². The molecule has 4 nitrogen and oxygen atoms in total. The fraction of sp³-hybridized carbons (Fsp3) is 0.188. The summed E-state index contributed by atoms with van der Waals surface area (Å²) < 4.78 is 16.4. The van der Waals surface area contributed by atoms with Crippen LogP contribution in [0.4, 0.5) is 0 Å². The number of hydrogen-bond acceptors (Lipinski definition) is 4. The second kappa shape index (κ2) is 7.13. The van der Waals surface area contributed by atoms with E-state index in [2.05, 4.69) is 15.9 Å². The van der Waals surface area contributed by atoms with Gasteiger partial charge in [0.15, 0.2) is 12.4 Å². The van der Waals surface area contributed by atoms with Gasteiger partial charge >= 0.3 is 0 Å². The van der Waals surface area contributed by atoms with Crippen molar-refractivity contribution in [2.75, 3.05) is 20.8 Å². The summed E-state index contributed by atoms with van der Waals surface area (Å²) in [5.41, 5.74) is 0.584. The van der Waals surface area contributed by atoms with E-state index >= 15 is 0 Å². The average Bonchev–Trinajstić information content (AvgIpc) is 2.53. The van der Waals surface area contributed by atoms with Gasteiger partial charge in [0.05, 0.1) is 18.7 Å². The highest BCUT2D eigenvalue weighted by Gasteiger charge is 2.09. The first kappa shape index (κ1) is 15.4. The maximum Gasteiger partial charge on any atom is 0.200 e. The van der Waals surface area contributed by atoms with Gasteiger partial charge in [0, 0.05) is 5.56 Å². The highest BCUT2D eigenvalue weighted by molar-refractivity contribution is 9.10. The summed E-state index contributed by atoms with van der Waals surface area (Å²) in [5, 5.41) is 0. The number of carbonyl (C=O) groups is 1. The Labute approximate surface area is 131 Å². The van der Waals surface area contributed by atoms with Crippen LogP contribution >= 0.6 is 15.9 Å². The summed E-state index contributed by atoms with van der Waals surface area (Å²) in [6.07, 6.45) is 0. The molecule has 0 atom stereocenters. The molecule has 0 unspecified atom stereocenters. The SMILES string of the molecule is COc1ccc(C(=O)COc2ccc(OC)cc2Br)cc1. The summed E-state index contributed by atoms with van der Waals surface area (Å²) in [6.45, 7) is -0.0305. The van der Waals surface area contributed by atoms with E-state index in [9.17, 15) is 4.79 Å². The van der Waals surface area contributed by atoms with Crippen molar-refractivity contribution in [3.63, 3.8) is 0 Å². The molecule has 0 saturated heterocycles. The normalized spacial score (nSPS) is 10.0. The second-order valence-corrected chi connectivity index (χ2v) is 5.09. The molecule has 0 spiro atoms. The van der Waals surface area contributed by atoms with E-state index in [4.69, 9.17) is 14.2 Å². The van der Waals surface area contributed by atoms with E-state index in [1.807, 2.05) is 0 Å². The van der Waals surface area contributed by atoms with Gasteiger partial charge in [0.25, 0.3) is 0 Å². The lowest BCUT2D eigenvalue weighted by molar-refractivity contribution is 0.0921. The predicted molar refractivity (Wildman–Crippen MR) is 83.5 cm³/mol. The second-order valence-electron chi connectivity index (χ2n) is 4.24. The Morgan fingerprint density at radius 2 is 1.62 bits per heavy atom. The van der Waals surface area contributed by atoms with Crippen molar-refractivity contribution in [1.82, 2.24) is 0 Å². The smallest absolute Gasteiger partial charge is 0.200 e. The fourth-order valence-electron chi connectivity index (χ4n) is 1.73. The highest BCUT2D eigenvalue weighted by Crippen LogP contribution is 2.29.